The van der Waals surface area contributed by atoms with Crippen molar-refractivity contribution < 1.29 is 9.32 Å². The summed E-state index contributed by atoms with van der Waals surface area (Å²) in [7, 11) is 1.81. The molecule has 1 aliphatic heterocycles. The second-order valence-electron chi connectivity index (χ2n) is 3.21. The first kappa shape index (κ1) is 8.86. The largest absolute Gasteiger partial charge is 0.339 e. The summed E-state index contributed by atoms with van der Waals surface area (Å²) in [4.78, 5) is 15.6. The van der Waals surface area contributed by atoms with Crippen molar-refractivity contribution in [3.63, 3.8) is 0 Å². The van der Waals surface area contributed by atoms with Gasteiger partial charge in [0.15, 0.2) is 0 Å². The molecule has 74 valence electrons. The molecule has 0 amide bonds. The van der Waals surface area contributed by atoms with Gasteiger partial charge in [-0.3, -0.25) is 9.80 Å². The summed E-state index contributed by atoms with van der Waals surface area (Å²) in [5, 5.41) is 9.25. The van der Waals surface area contributed by atoms with Crippen LogP contribution in [0.15, 0.2) is 9.62 Å². The van der Waals surface area contributed by atoms with E-state index >= 15 is 0 Å². The van der Waals surface area contributed by atoms with E-state index in [0.717, 1.165) is 0 Å². The van der Waals surface area contributed by atoms with Crippen LogP contribution in [-0.4, -0.2) is 40.7 Å². The van der Waals surface area contributed by atoms with Gasteiger partial charge in [0.1, 0.15) is 0 Å². The molecule has 2 heterocycles. The molecule has 1 aliphatic rings. The third-order valence-electron chi connectivity index (χ3n) is 1.99. The Hall–Kier alpha value is -1.72. The van der Waals surface area contributed by atoms with Crippen LogP contribution in [-0.2, 0) is 0 Å². The Morgan fingerprint density at radius 3 is 3.00 bits per heavy atom. The SMILES string of the molecule is Cc1nc(C(=O)C2C=NN(C)C2)no1. The highest BCUT2D eigenvalue weighted by atomic mass is 16.5. The molecule has 2 rings (SSSR count). The third-order valence-corrected chi connectivity index (χ3v) is 1.99. The minimum Gasteiger partial charge on any atom is -0.339 e. The van der Waals surface area contributed by atoms with Gasteiger partial charge in [-0.15, -0.1) is 0 Å². The van der Waals surface area contributed by atoms with Crippen LogP contribution in [0.2, 0.25) is 0 Å². The Labute approximate surface area is 80.6 Å². The normalized spacial score (nSPS) is 20.4. The van der Waals surface area contributed by atoms with Crippen molar-refractivity contribution in [2.24, 2.45) is 11.0 Å². The molecule has 1 atom stereocenters. The van der Waals surface area contributed by atoms with Crippen LogP contribution < -0.4 is 0 Å². The van der Waals surface area contributed by atoms with Gasteiger partial charge in [-0.1, -0.05) is 5.16 Å². The molecule has 1 aromatic heterocycles. The fourth-order valence-electron chi connectivity index (χ4n) is 1.29. The van der Waals surface area contributed by atoms with Crippen LogP contribution in [0.1, 0.15) is 16.5 Å². The van der Waals surface area contributed by atoms with Crippen molar-refractivity contribution in [2.45, 2.75) is 6.92 Å². The molecule has 6 nitrogen and oxygen atoms in total. The highest BCUT2D eigenvalue weighted by Gasteiger charge is 2.27. The molecular formula is C8H10N4O2. The lowest BCUT2D eigenvalue weighted by atomic mass is 10.1. The van der Waals surface area contributed by atoms with E-state index in [1.165, 1.54) is 0 Å². The zero-order chi connectivity index (χ0) is 10.1. The lowest BCUT2D eigenvalue weighted by Gasteiger charge is -2.06. The first-order chi connectivity index (χ1) is 6.66. The zero-order valence-electron chi connectivity index (χ0n) is 7.97. The van der Waals surface area contributed by atoms with E-state index in [4.69, 9.17) is 4.52 Å². The number of Topliss-reactive ketones (excluding diaryl/α,β-unsaturated/α-hetero) is 1. The van der Waals surface area contributed by atoms with E-state index in [-0.39, 0.29) is 17.5 Å². The number of carbonyl (C=O) groups is 1. The topological polar surface area (TPSA) is 71.6 Å². The summed E-state index contributed by atoms with van der Waals surface area (Å²) in [5.41, 5.74) is 0. The molecule has 1 aromatic rings. The fourth-order valence-corrected chi connectivity index (χ4v) is 1.29. The predicted molar refractivity (Wildman–Crippen MR) is 48.0 cm³/mol. The zero-order valence-corrected chi connectivity index (χ0v) is 7.97. The molecule has 0 saturated carbocycles. The van der Waals surface area contributed by atoms with Crippen LogP contribution in [0.5, 0.6) is 0 Å². The maximum absolute atomic E-state index is 11.7. The van der Waals surface area contributed by atoms with Gasteiger partial charge in [-0.2, -0.15) is 10.1 Å². The molecule has 6 heteroatoms. The lowest BCUT2D eigenvalue weighted by Crippen LogP contribution is -2.22. The fraction of sp³-hybridized carbons (Fsp3) is 0.500. The number of carbonyl (C=O) groups excluding carboxylic acids is 1. The van der Waals surface area contributed by atoms with Crippen LogP contribution in [0.3, 0.4) is 0 Å². The number of aromatic nitrogens is 2. The standard InChI is InChI=1S/C8H10N4O2/c1-5-10-8(11-14-5)7(13)6-3-9-12(2)4-6/h3,6H,4H2,1-2H3. The lowest BCUT2D eigenvalue weighted by molar-refractivity contribution is 0.0934. The van der Waals surface area contributed by atoms with Gasteiger partial charge in [0, 0.05) is 20.2 Å². The predicted octanol–water partition coefficient (Wildman–Crippen LogP) is 0.108. The number of hydrogen-bond donors (Lipinski definition) is 0. The Morgan fingerprint density at radius 2 is 2.50 bits per heavy atom. The third kappa shape index (κ3) is 1.50. The summed E-state index contributed by atoms with van der Waals surface area (Å²) < 4.78 is 4.73. The van der Waals surface area contributed by atoms with Crippen LogP contribution in [0.25, 0.3) is 0 Å². The van der Waals surface area contributed by atoms with E-state index in [1.807, 2.05) is 7.05 Å². The van der Waals surface area contributed by atoms with E-state index in [9.17, 15) is 4.79 Å². The highest BCUT2D eigenvalue weighted by molar-refractivity contribution is 6.04. The maximum atomic E-state index is 11.7. The van der Waals surface area contributed by atoms with Crippen molar-refractivity contribution in [3.8, 4) is 0 Å². The van der Waals surface area contributed by atoms with Crippen molar-refractivity contribution >= 4 is 12.0 Å². The molecule has 0 saturated heterocycles. The molecule has 0 fully saturated rings. The van der Waals surface area contributed by atoms with Gasteiger partial charge in [0.2, 0.25) is 17.5 Å². The second kappa shape index (κ2) is 3.21. The van der Waals surface area contributed by atoms with Crippen LogP contribution in [0.4, 0.5) is 0 Å². The molecule has 0 radical (unpaired) electrons. The number of ketones is 1. The van der Waals surface area contributed by atoms with Crippen molar-refractivity contribution in [1.82, 2.24) is 15.1 Å². The average Bonchev–Trinajstić information content (AvgIpc) is 2.73. The van der Waals surface area contributed by atoms with Gasteiger partial charge in [-0.05, 0) is 0 Å². The number of hydrazone groups is 1. The highest BCUT2D eigenvalue weighted by Crippen LogP contribution is 2.10. The monoisotopic (exact) mass is 194 g/mol. The summed E-state index contributed by atoms with van der Waals surface area (Å²) in [5.74, 6) is 0.137. The van der Waals surface area contributed by atoms with E-state index in [0.29, 0.717) is 12.4 Å². The summed E-state index contributed by atoms with van der Waals surface area (Å²) in [6, 6.07) is 0. The molecule has 0 bridgehead atoms. The first-order valence-corrected chi connectivity index (χ1v) is 4.26. The summed E-state index contributed by atoms with van der Waals surface area (Å²) in [6.45, 7) is 2.23. The number of hydrogen-bond acceptors (Lipinski definition) is 6. The first-order valence-electron chi connectivity index (χ1n) is 4.26. The Balaban J connectivity index is 2.13. The van der Waals surface area contributed by atoms with Crippen LogP contribution in [0, 0.1) is 12.8 Å². The second-order valence-corrected chi connectivity index (χ2v) is 3.21. The number of nitrogens with zero attached hydrogens (tertiary/aromatic N) is 4. The van der Waals surface area contributed by atoms with Gasteiger partial charge < -0.3 is 4.52 Å². The Kier molecular flexibility index (Phi) is 2.03. The van der Waals surface area contributed by atoms with E-state index in [2.05, 4.69) is 15.2 Å². The van der Waals surface area contributed by atoms with Crippen molar-refractivity contribution in [2.75, 3.05) is 13.6 Å². The van der Waals surface area contributed by atoms with Gasteiger partial charge >= 0.3 is 0 Å². The maximum Gasteiger partial charge on any atom is 0.239 e. The minimum atomic E-state index is -0.253. The Bertz CT molecular complexity index is 384. The molecule has 0 aliphatic carbocycles. The molecule has 1 unspecified atom stereocenters. The number of aryl methyl sites for hydroxylation is 1. The molecule has 0 aromatic carbocycles. The summed E-state index contributed by atoms with van der Waals surface area (Å²) >= 11 is 0. The molecule has 14 heavy (non-hydrogen) atoms. The van der Waals surface area contributed by atoms with Gasteiger partial charge in [-0.25, -0.2) is 0 Å². The quantitative estimate of drug-likeness (QED) is 0.625. The van der Waals surface area contributed by atoms with Crippen molar-refractivity contribution in [1.29, 1.82) is 0 Å². The van der Waals surface area contributed by atoms with Crippen LogP contribution >= 0.6 is 0 Å². The van der Waals surface area contributed by atoms with E-state index < -0.39 is 0 Å². The minimum absolute atomic E-state index is 0.134. The summed E-state index contributed by atoms with van der Waals surface area (Å²) in [6.07, 6.45) is 1.61. The van der Waals surface area contributed by atoms with E-state index in [1.54, 1.807) is 18.1 Å². The number of rotatable bonds is 2. The molecule has 0 N–H and O–H groups in total. The van der Waals surface area contributed by atoms with Gasteiger partial charge in [0.25, 0.3) is 0 Å². The molecule has 0 spiro atoms. The molecular weight excluding hydrogens is 184 g/mol. The Morgan fingerprint density at radius 1 is 1.71 bits per heavy atom. The van der Waals surface area contributed by atoms with Crippen molar-refractivity contribution in [3.05, 3.63) is 11.7 Å². The average molecular weight is 194 g/mol. The smallest absolute Gasteiger partial charge is 0.239 e. The van der Waals surface area contributed by atoms with Gasteiger partial charge in [0.05, 0.1) is 12.5 Å².